The van der Waals surface area contributed by atoms with E-state index in [1.54, 1.807) is 0 Å². The highest BCUT2D eigenvalue weighted by molar-refractivity contribution is 5.34. The highest BCUT2D eigenvalue weighted by atomic mass is 14.2. The SMILES string of the molecule is C=CC1=C(C=C)C(C)CCC1.CC.CC. The van der Waals surface area contributed by atoms with E-state index in [4.69, 9.17) is 0 Å². The molecule has 0 aliphatic heterocycles. The van der Waals surface area contributed by atoms with Crippen molar-refractivity contribution < 1.29 is 0 Å². The summed E-state index contributed by atoms with van der Waals surface area (Å²) in [5.41, 5.74) is 2.81. The molecule has 0 heterocycles. The van der Waals surface area contributed by atoms with Gasteiger partial charge in [0.1, 0.15) is 0 Å². The minimum absolute atomic E-state index is 0.689. The van der Waals surface area contributed by atoms with Crippen LogP contribution < -0.4 is 0 Å². The minimum atomic E-state index is 0.689. The first-order valence-electron chi connectivity index (χ1n) is 6.27. The molecule has 88 valence electrons. The first-order chi connectivity index (χ1) is 7.29. The van der Waals surface area contributed by atoms with Gasteiger partial charge in [-0.3, -0.25) is 0 Å². The van der Waals surface area contributed by atoms with E-state index in [2.05, 4.69) is 20.1 Å². The molecule has 0 heteroatoms. The molecule has 1 atom stereocenters. The predicted molar refractivity (Wildman–Crippen MR) is 73.1 cm³/mol. The quantitative estimate of drug-likeness (QED) is 0.560. The summed E-state index contributed by atoms with van der Waals surface area (Å²) in [7, 11) is 0. The molecule has 0 aromatic carbocycles. The molecule has 0 saturated carbocycles. The summed E-state index contributed by atoms with van der Waals surface area (Å²) < 4.78 is 0. The molecule has 1 aliphatic carbocycles. The average Bonchev–Trinajstić information content (AvgIpc) is 2.33. The second-order valence-corrected chi connectivity index (χ2v) is 3.18. The molecule has 0 bridgehead atoms. The summed E-state index contributed by atoms with van der Waals surface area (Å²) in [4.78, 5) is 0. The molecule has 0 spiro atoms. The van der Waals surface area contributed by atoms with Gasteiger partial charge in [0.15, 0.2) is 0 Å². The largest absolute Gasteiger partial charge is 0.0988 e. The molecule has 0 aromatic heterocycles. The maximum Gasteiger partial charge on any atom is -0.0188 e. The van der Waals surface area contributed by atoms with Crippen LogP contribution in [-0.4, -0.2) is 0 Å². The van der Waals surface area contributed by atoms with E-state index in [-0.39, 0.29) is 0 Å². The van der Waals surface area contributed by atoms with Gasteiger partial charge in [-0.2, -0.15) is 0 Å². The fraction of sp³-hybridized carbons (Fsp3) is 0.600. The van der Waals surface area contributed by atoms with Gasteiger partial charge in [0, 0.05) is 0 Å². The van der Waals surface area contributed by atoms with Crippen molar-refractivity contribution in [2.75, 3.05) is 0 Å². The maximum atomic E-state index is 3.83. The molecule has 0 fully saturated rings. The van der Waals surface area contributed by atoms with Crippen LogP contribution in [0.3, 0.4) is 0 Å². The van der Waals surface area contributed by atoms with E-state index >= 15 is 0 Å². The van der Waals surface area contributed by atoms with Gasteiger partial charge >= 0.3 is 0 Å². The highest BCUT2D eigenvalue weighted by Gasteiger charge is 2.14. The standard InChI is InChI=1S/C11H16.2C2H6/c1-4-10-8-6-7-9(3)11(10)5-2;2*1-2/h4-5,9H,1-2,6-8H2,3H3;2*1-2H3. The van der Waals surface area contributed by atoms with Crippen LogP contribution in [0.5, 0.6) is 0 Å². The molecule has 0 amide bonds. The van der Waals surface area contributed by atoms with Gasteiger partial charge in [0.05, 0.1) is 0 Å². The van der Waals surface area contributed by atoms with Crippen LogP contribution in [0.15, 0.2) is 36.5 Å². The molecule has 0 saturated heterocycles. The summed E-state index contributed by atoms with van der Waals surface area (Å²) >= 11 is 0. The van der Waals surface area contributed by atoms with Crippen molar-refractivity contribution in [2.45, 2.75) is 53.9 Å². The van der Waals surface area contributed by atoms with Gasteiger partial charge in [-0.25, -0.2) is 0 Å². The molecule has 0 N–H and O–H groups in total. The number of hydrogen-bond acceptors (Lipinski definition) is 0. The maximum absolute atomic E-state index is 3.83. The lowest BCUT2D eigenvalue weighted by molar-refractivity contribution is 0.552. The number of hydrogen-bond donors (Lipinski definition) is 0. The summed E-state index contributed by atoms with van der Waals surface area (Å²) in [5.74, 6) is 0.689. The van der Waals surface area contributed by atoms with E-state index in [0.717, 1.165) is 0 Å². The first-order valence-corrected chi connectivity index (χ1v) is 6.27. The molecular formula is C15H28. The summed E-state index contributed by atoms with van der Waals surface area (Å²) in [6, 6.07) is 0. The van der Waals surface area contributed by atoms with Crippen LogP contribution in [0.4, 0.5) is 0 Å². The van der Waals surface area contributed by atoms with E-state index in [1.165, 1.54) is 30.4 Å². The Hall–Kier alpha value is -0.780. The smallest absolute Gasteiger partial charge is 0.0188 e. The minimum Gasteiger partial charge on any atom is -0.0988 e. The first kappa shape index (κ1) is 16.6. The van der Waals surface area contributed by atoms with E-state index < -0.39 is 0 Å². The van der Waals surface area contributed by atoms with Crippen LogP contribution in [0, 0.1) is 5.92 Å². The summed E-state index contributed by atoms with van der Waals surface area (Å²) in [5, 5.41) is 0. The Balaban J connectivity index is 0. The van der Waals surface area contributed by atoms with Crippen molar-refractivity contribution in [3.05, 3.63) is 36.5 Å². The number of rotatable bonds is 2. The van der Waals surface area contributed by atoms with Crippen LogP contribution >= 0.6 is 0 Å². The second kappa shape index (κ2) is 11.3. The monoisotopic (exact) mass is 208 g/mol. The van der Waals surface area contributed by atoms with Crippen LogP contribution in [-0.2, 0) is 0 Å². The topological polar surface area (TPSA) is 0 Å². The van der Waals surface area contributed by atoms with Gasteiger partial charge in [0.25, 0.3) is 0 Å². The van der Waals surface area contributed by atoms with Crippen molar-refractivity contribution in [1.82, 2.24) is 0 Å². The lowest BCUT2D eigenvalue weighted by atomic mass is 9.84. The Morgan fingerprint density at radius 1 is 1.07 bits per heavy atom. The Labute approximate surface area is 96.8 Å². The molecule has 0 radical (unpaired) electrons. The zero-order chi connectivity index (χ0) is 12.3. The Morgan fingerprint density at radius 2 is 1.60 bits per heavy atom. The van der Waals surface area contributed by atoms with Crippen LogP contribution in [0.1, 0.15) is 53.9 Å². The van der Waals surface area contributed by atoms with Crippen LogP contribution in [0.25, 0.3) is 0 Å². The molecule has 15 heavy (non-hydrogen) atoms. The van der Waals surface area contributed by atoms with Crippen molar-refractivity contribution >= 4 is 0 Å². The van der Waals surface area contributed by atoms with Crippen LogP contribution in [0.2, 0.25) is 0 Å². The zero-order valence-electron chi connectivity index (χ0n) is 11.3. The molecule has 0 aromatic rings. The lowest BCUT2D eigenvalue weighted by Gasteiger charge is -2.21. The Bertz CT molecular complexity index is 196. The van der Waals surface area contributed by atoms with Crippen molar-refractivity contribution in [3.63, 3.8) is 0 Å². The van der Waals surface area contributed by atoms with E-state index in [0.29, 0.717) is 5.92 Å². The molecule has 1 aliphatic rings. The van der Waals surface area contributed by atoms with Crippen molar-refractivity contribution in [1.29, 1.82) is 0 Å². The fourth-order valence-corrected chi connectivity index (χ4v) is 1.77. The molecular weight excluding hydrogens is 180 g/mol. The second-order valence-electron chi connectivity index (χ2n) is 3.18. The average molecular weight is 208 g/mol. The highest BCUT2D eigenvalue weighted by Crippen LogP contribution is 2.30. The van der Waals surface area contributed by atoms with E-state index in [1.807, 2.05) is 39.8 Å². The summed E-state index contributed by atoms with van der Waals surface area (Å²) in [6.07, 6.45) is 7.77. The summed E-state index contributed by atoms with van der Waals surface area (Å²) in [6.45, 7) is 17.9. The third-order valence-corrected chi connectivity index (χ3v) is 2.45. The normalized spacial score (nSPS) is 19.1. The van der Waals surface area contributed by atoms with Gasteiger partial charge in [0.2, 0.25) is 0 Å². The van der Waals surface area contributed by atoms with Gasteiger partial charge in [-0.1, -0.05) is 59.9 Å². The van der Waals surface area contributed by atoms with Crippen molar-refractivity contribution in [3.8, 4) is 0 Å². The Morgan fingerprint density at radius 3 is 1.93 bits per heavy atom. The molecule has 1 unspecified atom stereocenters. The molecule has 0 nitrogen and oxygen atoms in total. The fourth-order valence-electron chi connectivity index (χ4n) is 1.77. The van der Waals surface area contributed by atoms with Crippen molar-refractivity contribution in [2.24, 2.45) is 5.92 Å². The zero-order valence-corrected chi connectivity index (χ0v) is 11.3. The van der Waals surface area contributed by atoms with E-state index in [9.17, 15) is 0 Å². The molecule has 1 rings (SSSR count). The van der Waals surface area contributed by atoms with Gasteiger partial charge in [-0.15, -0.1) is 0 Å². The predicted octanol–water partition coefficient (Wildman–Crippen LogP) is 5.53. The third kappa shape index (κ3) is 5.61. The van der Waals surface area contributed by atoms with Gasteiger partial charge in [-0.05, 0) is 36.3 Å². The lowest BCUT2D eigenvalue weighted by Crippen LogP contribution is -2.06. The Kier molecular flexibility index (Phi) is 12.5. The number of allylic oxidation sites excluding steroid dienone is 4. The third-order valence-electron chi connectivity index (χ3n) is 2.45. The van der Waals surface area contributed by atoms with Gasteiger partial charge < -0.3 is 0 Å².